The van der Waals surface area contributed by atoms with Gasteiger partial charge in [0.25, 0.3) is 0 Å². The Morgan fingerprint density at radius 1 is 1.37 bits per heavy atom. The molecular weight excluding hydrogens is 258 g/mol. The van der Waals surface area contributed by atoms with E-state index in [4.69, 9.17) is 4.74 Å². The SMILES string of the molecule is O=C=NC1(c2ccccc2OC2CCSC2)CCC1. The molecule has 1 atom stereocenters. The molecule has 3 nitrogen and oxygen atoms in total. The second-order valence-electron chi connectivity index (χ2n) is 5.19. The topological polar surface area (TPSA) is 38.7 Å². The molecule has 1 heterocycles. The molecule has 4 heteroatoms. The predicted octanol–water partition coefficient (Wildman–Crippen LogP) is 3.29. The third-order valence-corrected chi connectivity index (χ3v) is 5.14. The summed E-state index contributed by atoms with van der Waals surface area (Å²) in [6.07, 6.45) is 6.09. The monoisotopic (exact) mass is 275 g/mol. The van der Waals surface area contributed by atoms with E-state index in [0.717, 1.165) is 42.7 Å². The molecule has 3 rings (SSSR count). The smallest absolute Gasteiger partial charge is 0.235 e. The first-order chi connectivity index (χ1) is 9.34. The molecule has 1 aliphatic heterocycles. The summed E-state index contributed by atoms with van der Waals surface area (Å²) in [6, 6.07) is 8.01. The molecule has 2 fully saturated rings. The minimum absolute atomic E-state index is 0.295. The largest absolute Gasteiger partial charge is 0.489 e. The number of carbonyl (C=O) groups excluding carboxylic acids is 1. The van der Waals surface area contributed by atoms with Gasteiger partial charge in [-0.2, -0.15) is 16.8 Å². The highest BCUT2D eigenvalue weighted by Gasteiger charge is 2.41. The van der Waals surface area contributed by atoms with Gasteiger partial charge in [0, 0.05) is 11.3 Å². The van der Waals surface area contributed by atoms with Crippen LogP contribution in [0.5, 0.6) is 5.75 Å². The van der Waals surface area contributed by atoms with Gasteiger partial charge in [0.2, 0.25) is 6.08 Å². The van der Waals surface area contributed by atoms with E-state index in [1.165, 1.54) is 5.75 Å². The van der Waals surface area contributed by atoms with Gasteiger partial charge in [-0.05, 0) is 37.5 Å². The average molecular weight is 275 g/mol. The van der Waals surface area contributed by atoms with Crippen molar-refractivity contribution >= 4 is 17.8 Å². The number of nitrogens with zero attached hydrogens (tertiary/aromatic N) is 1. The molecule has 1 aromatic rings. The van der Waals surface area contributed by atoms with Crippen LogP contribution in [0.15, 0.2) is 29.3 Å². The van der Waals surface area contributed by atoms with Gasteiger partial charge in [0.05, 0.1) is 0 Å². The molecule has 0 amide bonds. The van der Waals surface area contributed by atoms with Crippen LogP contribution >= 0.6 is 11.8 Å². The number of isocyanates is 1. The van der Waals surface area contributed by atoms with Crippen LogP contribution in [0.25, 0.3) is 0 Å². The molecule has 1 aliphatic carbocycles. The summed E-state index contributed by atoms with van der Waals surface area (Å²) in [5.74, 6) is 3.12. The van der Waals surface area contributed by atoms with Gasteiger partial charge >= 0.3 is 0 Å². The molecule has 19 heavy (non-hydrogen) atoms. The lowest BCUT2D eigenvalue weighted by atomic mass is 9.72. The summed E-state index contributed by atoms with van der Waals surface area (Å²) in [5, 5.41) is 0. The van der Waals surface area contributed by atoms with Crippen molar-refractivity contribution in [2.24, 2.45) is 4.99 Å². The number of rotatable bonds is 4. The number of benzene rings is 1. The molecule has 0 bridgehead atoms. The van der Waals surface area contributed by atoms with Crippen LogP contribution in [0.2, 0.25) is 0 Å². The number of para-hydroxylation sites is 1. The molecule has 2 aliphatic rings. The highest BCUT2D eigenvalue weighted by Crippen LogP contribution is 2.48. The fourth-order valence-electron chi connectivity index (χ4n) is 2.78. The number of thioether (sulfide) groups is 1. The van der Waals surface area contributed by atoms with Crippen LogP contribution in [-0.4, -0.2) is 23.7 Å². The van der Waals surface area contributed by atoms with Gasteiger partial charge in [0.1, 0.15) is 17.4 Å². The Balaban J connectivity index is 1.90. The Hall–Kier alpha value is -1.25. The molecule has 1 unspecified atom stereocenters. The average Bonchev–Trinajstić information content (AvgIpc) is 2.88. The van der Waals surface area contributed by atoms with E-state index in [2.05, 4.69) is 4.99 Å². The van der Waals surface area contributed by atoms with Gasteiger partial charge in [-0.25, -0.2) is 4.79 Å². The molecule has 0 aromatic heterocycles. The van der Waals surface area contributed by atoms with Crippen molar-refractivity contribution in [1.29, 1.82) is 0 Å². The Morgan fingerprint density at radius 3 is 2.84 bits per heavy atom. The van der Waals surface area contributed by atoms with Gasteiger partial charge < -0.3 is 4.74 Å². The highest BCUT2D eigenvalue weighted by molar-refractivity contribution is 7.99. The Morgan fingerprint density at radius 2 is 2.21 bits per heavy atom. The Kier molecular flexibility index (Phi) is 3.63. The van der Waals surface area contributed by atoms with E-state index in [9.17, 15) is 4.79 Å². The molecule has 1 aromatic carbocycles. The van der Waals surface area contributed by atoms with Crippen molar-refractivity contribution in [3.63, 3.8) is 0 Å². The normalized spacial score (nSPS) is 24.3. The van der Waals surface area contributed by atoms with E-state index in [0.29, 0.717) is 6.10 Å². The number of hydrogen-bond acceptors (Lipinski definition) is 4. The van der Waals surface area contributed by atoms with Gasteiger partial charge in [0.15, 0.2) is 0 Å². The van der Waals surface area contributed by atoms with E-state index < -0.39 is 0 Å². The Labute approximate surface area is 117 Å². The van der Waals surface area contributed by atoms with Crippen LogP contribution in [0, 0.1) is 0 Å². The second-order valence-corrected chi connectivity index (χ2v) is 6.34. The molecule has 0 radical (unpaired) electrons. The third kappa shape index (κ3) is 2.43. The van der Waals surface area contributed by atoms with Crippen LogP contribution in [-0.2, 0) is 10.3 Å². The number of hydrogen-bond donors (Lipinski definition) is 0. The van der Waals surface area contributed by atoms with E-state index in [1.807, 2.05) is 36.0 Å². The molecule has 1 saturated carbocycles. The lowest BCUT2D eigenvalue weighted by Gasteiger charge is -2.38. The summed E-state index contributed by atoms with van der Waals surface area (Å²) < 4.78 is 6.12. The highest BCUT2D eigenvalue weighted by atomic mass is 32.2. The van der Waals surface area contributed by atoms with Crippen molar-refractivity contribution in [3.8, 4) is 5.75 Å². The zero-order valence-corrected chi connectivity index (χ0v) is 11.6. The lowest BCUT2D eigenvalue weighted by molar-refractivity contribution is 0.203. The van der Waals surface area contributed by atoms with Crippen molar-refractivity contribution in [1.82, 2.24) is 0 Å². The van der Waals surface area contributed by atoms with Crippen molar-refractivity contribution in [2.45, 2.75) is 37.3 Å². The molecular formula is C15H17NO2S. The lowest BCUT2D eigenvalue weighted by Crippen LogP contribution is -2.33. The summed E-state index contributed by atoms with van der Waals surface area (Å²) in [5.41, 5.74) is 0.686. The van der Waals surface area contributed by atoms with E-state index >= 15 is 0 Å². The van der Waals surface area contributed by atoms with Crippen LogP contribution in [0.4, 0.5) is 0 Å². The zero-order chi connectivity index (χ0) is 13.1. The molecule has 1 saturated heterocycles. The summed E-state index contributed by atoms with van der Waals surface area (Å²) in [4.78, 5) is 14.8. The van der Waals surface area contributed by atoms with E-state index in [-0.39, 0.29) is 5.54 Å². The second kappa shape index (κ2) is 5.40. The minimum Gasteiger partial charge on any atom is -0.489 e. The molecule has 0 N–H and O–H groups in total. The van der Waals surface area contributed by atoms with Crippen molar-refractivity contribution < 1.29 is 9.53 Å². The van der Waals surface area contributed by atoms with Crippen molar-refractivity contribution in [2.75, 3.05) is 11.5 Å². The maximum Gasteiger partial charge on any atom is 0.235 e. The minimum atomic E-state index is -0.371. The maximum absolute atomic E-state index is 10.7. The zero-order valence-electron chi connectivity index (χ0n) is 10.8. The summed E-state index contributed by atoms with van der Waals surface area (Å²) in [6.45, 7) is 0. The summed E-state index contributed by atoms with van der Waals surface area (Å²) >= 11 is 1.93. The van der Waals surface area contributed by atoms with Gasteiger partial charge in [-0.15, -0.1) is 0 Å². The van der Waals surface area contributed by atoms with Crippen LogP contribution in [0.3, 0.4) is 0 Å². The third-order valence-electron chi connectivity index (χ3n) is 4.01. The first-order valence-corrected chi connectivity index (χ1v) is 7.92. The van der Waals surface area contributed by atoms with Gasteiger partial charge in [-0.3, -0.25) is 0 Å². The quantitative estimate of drug-likeness (QED) is 0.625. The van der Waals surface area contributed by atoms with Gasteiger partial charge in [-0.1, -0.05) is 18.2 Å². The number of ether oxygens (including phenoxy) is 1. The maximum atomic E-state index is 10.7. The van der Waals surface area contributed by atoms with Crippen LogP contribution in [0.1, 0.15) is 31.2 Å². The molecule has 100 valence electrons. The summed E-state index contributed by atoms with van der Waals surface area (Å²) in [7, 11) is 0. The fraction of sp³-hybridized carbons (Fsp3) is 0.533. The van der Waals surface area contributed by atoms with Crippen LogP contribution < -0.4 is 4.74 Å². The number of aliphatic imine (C=N–C) groups is 1. The van der Waals surface area contributed by atoms with E-state index in [1.54, 1.807) is 6.08 Å². The molecule has 0 spiro atoms. The fourth-order valence-corrected chi connectivity index (χ4v) is 3.87. The standard InChI is InChI=1S/C15H17NO2S/c17-11-16-15(7-3-8-15)13-4-1-2-5-14(13)18-12-6-9-19-10-12/h1-2,4-5,12H,3,6-10H2. The first kappa shape index (κ1) is 12.8. The van der Waals surface area contributed by atoms with Crippen molar-refractivity contribution in [3.05, 3.63) is 29.8 Å². The predicted molar refractivity (Wildman–Crippen MR) is 76.5 cm³/mol. The Bertz CT molecular complexity index is 501. The first-order valence-electron chi connectivity index (χ1n) is 6.77.